The minimum atomic E-state index is -0.344. The van der Waals surface area contributed by atoms with Gasteiger partial charge >= 0.3 is 0 Å². The van der Waals surface area contributed by atoms with E-state index in [-0.39, 0.29) is 23.0 Å². The second-order valence-electron chi connectivity index (χ2n) is 6.43. The van der Waals surface area contributed by atoms with E-state index in [1.54, 1.807) is 24.3 Å². The number of anilines is 2. The summed E-state index contributed by atoms with van der Waals surface area (Å²) >= 11 is 8.64. The average Bonchev–Trinajstić information content (AvgIpc) is 2.58. The van der Waals surface area contributed by atoms with E-state index in [9.17, 15) is 9.59 Å². The summed E-state index contributed by atoms with van der Waals surface area (Å²) in [7, 11) is 0. The molecule has 2 aromatic rings. The summed E-state index contributed by atoms with van der Waals surface area (Å²) in [5.41, 5.74) is 2.69. The number of thiocarbonyl (C=S) groups is 1. The van der Waals surface area contributed by atoms with E-state index in [1.165, 1.54) is 6.92 Å². The lowest BCUT2D eigenvalue weighted by Gasteiger charge is -2.14. The Morgan fingerprint density at radius 2 is 1.82 bits per heavy atom. The van der Waals surface area contributed by atoms with Gasteiger partial charge in [-0.25, -0.2) is 0 Å². The first-order valence-electron chi connectivity index (χ1n) is 8.62. The normalized spacial score (nSPS) is 10.4. The van der Waals surface area contributed by atoms with Crippen LogP contribution in [0.5, 0.6) is 5.75 Å². The maximum atomic E-state index is 12.4. The predicted octanol–water partition coefficient (Wildman–Crippen LogP) is 4.63. The third-order valence-electron chi connectivity index (χ3n) is 3.59. The number of halogens is 1. The molecule has 2 aromatic carbocycles. The monoisotopic (exact) mass is 463 g/mol. The van der Waals surface area contributed by atoms with Gasteiger partial charge in [-0.05, 0) is 84.8 Å². The number of carbonyl (C=O) groups is 2. The quantitative estimate of drug-likeness (QED) is 0.563. The maximum Gasteiger partial charge on any atom is 0.257 e. The molecule has 0 atom stereocenters. The number of hydrogen-bond acceptors (Lipinski definition) is 4. The second-order valence-corrected chi connectivity index (χ2v) is 7.69. The van der Waals surface area contributed by atoms with Gasteiger partial charge in [0, 0.05) is 23.9 Å². The first kappa shape index (κ1) is 21.8. The van der Waals surface area contributed by atoms with Crippen LogP contribution in [-0.4, -0.2) is 23.0 Å². The van der Waals surface area contributed by atoms with E-state index in [1.807, 2.05) is 32.9 Å². The summed E-state index contributed by atoms with van der Waals surface area (Å²) < 4.78 is 6.33. The molecule has 3 N–H and O–H groups in total. The SMILES string of the molecule is CC(=O)Nc1cc(NC(=S)NC(=O)c2ccc(OC(C)C)c(Br)c2)ccc1C. The van der Waals surface area contributed by atoms with E-state index in [0.717, 1.165) is 5.56 Å². The van der Waals surface area contributed by atoms with E-state index >= 15 is 0 Å². The maximum absolute atomic E-state index is 12.4. The predicted molar refractivity (Wildman–Crippen MR) is 119 cm³/mol. The molecule has 0 radical (unpaired) electrons. The molecule has 8 heteroatoms. The fourth-order valence-corrected chi connectivity index (χ4v) is 3.04. The van der Waals surface area contributed by atoms with Crippen LogP contribution in [0.4, 0.5) is 11.4 Å². The Bertz CT molecular complexity index is 916. The standard InChI is InChI=1S/C20H22BrN3O3S/c1-11(2)27-18-8-6-14(9-16(18)21)19(26)24-20(28)23-15-7-5-12(3)17(10-15)22-13(4)25/h5-11H,1-4H3,(H,22,25)(H2,23,24,26,28). The minimum Gasteiger partial charge on any atom is -0.490 e. The van der Waals surface area contributed by atoms with Crippen LogP contribution in [0, 0.1) is 6.92 Å². The van der Waals surface area contributed by atoms with Crippen molar-refractivity contribution in [2.75, 3.05) is 10.6 Å². The fraction of sp³-hybridized carbons (Fsp3) is 0.250. The van der Waals surface area contributed by atoms with Gasteiger partial charge < -0.3 is 15.4 Å². The molecule has 148 valence electrons. The highest BCUT2D eigenvalue weighted by atomic mass is 79.9. The molecule has 0 aliphatic heterocycles. The van der Waals surface area contributed by atoms with Crippen LogP contribution in [0.3, 0.4) is 0 Å². The molecule has 2 amide bonds. The first-order valence-corrected chi connectivity index (χ1v) is 9.82. The van der Waals surface area contributed by atoms with E-state index in [4.69, 9.17) is 17.0 Å². The van der Waals surface area contributed by atoms with Crippen LogP contribution in [0.2, 0.25) is 0 Å². The number of aryl methyl sites for hydroxylation is 1. The Balaban J connectivity index is 2.04. The molecule has 0 heterocycles. The van der Waals surface area contributed by atoms with Crippen LogP contribution in [0.25, 0.3) is 0 Å². The van der Waals surface area contributed by atoms with E-state index in [2.05, 4.69) is 31.9 Å². The highest BCUT2D eigenvalue weighted by molar-refractivity contribution is 9.10. The molecule has 0 saturated carbocycles. The summed E-state index contributed by atoms with van der Waals surface area (Å²) in [5, 5.41) is 8.49. The highest BCUT2D eigenvalue weighted by Gasteiger charge is 2.12. The number of carbonyl (C=O) groups excluding carboxylic acids is 2. The Morgan fingerprint density at radius 3 is 2.43 bits per heavy atom. The molecule has 28 heavy (non-hydrogen) atoms. The lowest BCUT2D eigenvalue weighted by Crippen LogP contribution is -2.34. The third-order valence-corrected chi connectivity index (χ3v) is 4.41. The molecular formula is C20H22BrN3O3S. The number of amides is 2. The Labute approximate surface area is 178 Å². The largest absolute Gasteiger partial charge is 0.490 e. The van der Waals surface area contributed by atoms with Crippen molar-refractivity contribution >= 4 is 56.4 Å². The summed E-state index contributed by atoms with van der Waals surface area (Å²) in [6, 6.07) is 10.5. The van der Waals surface area contributed by atoms with Gasteiger partial charge in [0.1, 0.15) is 5.75 Å². The number of hydrogen-bond donors (Lipinski definition) is 3. The van der Waals surface area contributed by atoms with Gasteiger partial charge in [0.15, 0.2) is 5.11 Å². The topological polar surface area (TPSA) is 79.5 Å². The first-order chi connectivity index (χ1) is 13.2. The zero-order valence-electron chi connectivity index (χ0n) is 16.1. The van der Waals surface area contributed by atoms with Crippen LogP contribution in [-0.2, 0) is 4.79 Å². The summed E-state index contributed by atoms with van der Waals surface area (Å²) in [6.07, 6.45) is 0.0321. The van der Waals surface area contributed by atoms with Crippen molar-refractivity contribution in [2.24, 2.45) is 0 Å². The Hall–Kier alpha value is -2.45. The Morgan fingerprint density at radius 1 is 1.11 bits per heavy atom. The summed E-state index contributed by atoms with van der Waals surface area (Å²) in [5.74, 6) is 0.160. The van der Waals surface area contributed by atoms with Crippen LogP contribution >= 0.6 is 28.1 Å². The van der Waals surface area contributed by atoms with Gasteiger partial charge in [0.25, 0.3) is 5.91 Å². The molecule has 0 aromatic heterocycles. The van der Waals surface area contributed by atoms with Gasteiger partial charge in [-0.3, -0.25) is 14.9 Å². The van der Waals surface area contributed by atoms with Crippen LogP contribution < -0.4 is 20.7 Å². The number of ether oxygens (including phenoxy) is 1. The molecular weight excluding hydrogens is 442 g/mol. The second kappa shape index (κ2) is 9.66. The molecule has 2 rings (SSSR count). The van der Waals surface area contributed by atoms with Gasteiger partial charge in [-0.15, -0.1) is 0 Å². The van der Waals surface area contributed by atoms with Gasteiger partial charge in [0.2, 0.25) is 5.91 Å². The molecule has 0 saturated heterocycles. The lowest BCUT2D eigenvalue weighted by molar-refractivity contribution is -0.114. The zero-order chi connectivity index (χ0) is 20.8. The van der Waals surface area contributed by atoms with Crippen molar-refractivity contribution in [3.05, 3.63) is 52.0 Å². The molecule has 6 nitrogen and oxygen atoms in total. The van der Waals surface area contributed by atoms with Crippen LogP contribution in [0.1, 0.15) is 36.7 Å². The number of benzene rings is 2. The van der Waals surface area contributed by atoms with Crippen molar-refractivity contribution in [3.63, 3.8) is 0 Å². The highest BCUT2D eigenvalue weighted by Crippen LogP contribution is 2.27. The molecule has 0 unspecified atom stereocenters. The molecule has 0 spiro atoms. The smallest absolute Gasteiger partial charge is 0.257 e. The van der Waals surface area contributed by atoms with Crippen molar-refractivity contribution < 1.29 is 14.3 Å². The lowest BCUT2D eigenvalue weighted by atomic mass is 10.2. The third kappa shape index (κ3) is 6.31. The van der Waals surface area contributed by atoms with E-state index < -0.39 is 0 Å². The van der Waals surface area contributed by atoms with Crippen molar-refractivity contribution in [1.29, 1.82) is 0 Å². The number of nitrogens with one attached hydrogen (secondary N) is 3. The molecule has 0 fully saturated rings. The number of rotatable bonds is 5. The zero-order valence-corrected chi connectivity index (χ0v) is 18.5. The minimum absolute atomic E-state index is 0.0321. The van der Waals surface area contributed by atoms with E-state index in [0.29, 0.717) is 27.2 Å². The van der Waals surface area contributed by atoms with Gasteiger partial charge in [-0.1, -0.05) is 6.07 Å². The molecule has 0 aliphatic rings. The molecule has 0 bridgehead atoms. The Kier molecular flexibility index (Phi) is 7.53. The average molecular weight is 464 g/mol. The van der Waals surface area contributed by atoms with Crippen LogP contribution in [0.15, 0.2) is 40.9 Å². The van der Waals surface area contributed by atoms with Gasteiger partial charge in [-0.2, -0.15) is 0 Å². The summed E-state index contributed by atoms with van der Waals surface area (Å²) in [4.78, 5) is 23.7. The van der Waals surface area contributed by atoms with Crippen molar-refractivity contribution in [3.8, 4) is 5.75 Å². The van der Waals surface area contributed by atoms with Crippen molar-refractivity contribution in [2.45, 2.75) is 33.8 Å². The van der Waals surface area contributed by atoms with Gasteiger partial charge in [0.05, 0.1) is 10.6 Å². The fourth-order valence-electron chi connectivity index (χ4n) is 2.35. The van der Waals surface area contributed by atoms with Crippen molar-refractivity contribution in [1.82, 2.24) is 5.32 Å². The molecule has 0 aliphatic carbocycles. The summed E-state index contributed by atoms with van der Waals surface area (Å²) in [6.45, 7) is 7.19.